The number of hydrogen-bond acceptors (Lipinski definition) is 3. The van der Waals surface area contributed by atoms with Gasteiger partial charge < -0.3 is 9.73 Å². The third kappa shape index (κ3) is 1.21. The molecule has 0 saturated carbocycles. The molecule has 3 rings (SSSR count). The molecule has 0 saturated heterocycles. The number of thiol groups is 1. The van der Waals surface area contributed by atoms with Crippen LogP contribution in [-0.4, -0.2) is 7.05 Å². The lowest BCUT2D eigenvalue weighted by Crippen LogP contribution is -1.88. The normalized spacial score (nSPS) is 11.1. The minimum atomic E-state index is 0.880. The first-order valence-corrected chi connectivity index (χ1v) is 5.57. The quantitative estimate of drug-likeness (QED) is 0.618. The maximum atomic E-state index is 5.76. The summed E-state index contributed by atoms with van der Waals surface area (Å²) in [6.45, 7) is 0. The van der Waals surface area contributed by atoms with Gasteiger partial charge in [-0.1, -0.05) is 18.2 Å². The van der Waals surface area contributed by atoms with Crippen molar-refractivity contribution in [1.82, 2.24) is 0 Å². The van der Waals surface area contributed by atoms with Gasteiger partial charge in [0.25, 0.3) is 0 Å². The van der Waals surface area contributed by atoms with E-state index in [2.05, 4.69) is 24.0 Å². The largest absolute Gasteiger partial charge is 0.456 e. The summed E-state index contributed by atoms with van der Waals surface area (Å²) in [5.41, 5.74) is 2.80. The Hall–Kier alpha value is -1.61. The third-order valence-corrected chi connectivity index (χ3v) is 3.25. The molecule has 2 nitrogen and oxygen atoms in total. The average molecular weight is 229 g/mol. The highest BCUT2D eigenvalue weighted by Crippen LogP contribution is 2.36. The maximum Gasteiger partial charge on any atom is 0.136 e. The van der Waals surface area contributed by atoms with Gasteiger partial charge in [0.1, 0.15) is 11.2 Å². The molecule has 1 heterocycles. The molecule has 16 heavy (non-hydrogen) atoms. The summed E-state index contributed by atoms with van der Waals surface area (Å²) in [7, 11) is 1.89. The fourth-order valence-corrected chi connectivity index (χ4v) is 2.42. The fraction of sp³-hybridized carbons (Fsp3) is 0.0769. The molecule has 80 valence electrons. The maximum absolute atomic E-state index is 5.76. The van der Waals surface area contributed by atoms with Crippen molar-refractivity contribution in [1.29, 1.82) is 0 Å². The number of benzene rings is 2. The molecule has 0 aliphatic heterocycles. The Bertz CT molecular complexity index is 672. The van der Waals surface area contributed by atoms with Crippen LogP contribution in [0, 0.1) is 0 Å². The van der Waals surface area contributed by atoms with Gasteiger partial charge in [0, 0.05) is 28.4 Å². The number of para-hydroxylation sites is 1. The van der Waals surface area contributed by atoms with Crippen molar-refractivity contribution in [3.05, 3.63) is 36.4 Å². The predicted octanol–water partition coefficient (Wildman–Crippen LogP) is 3.92. The van der Waals surface area contributed by atoms with E-state index >= 15 is 0 Å². The summed E-state index contributed by atoms with van der Waals surface area (Å²) in [5, 5.41) is 5.31. The molecule has 0 amide bonds. The van der Waals surface area contributed by atoms with Gasteiger partial charge in [-0.3, -0.25) is 0 Å². The van der Waals surface area contributed by atoms with E-state index in [0.29, 0.717) is 0 Å². The van der Waals surface area contributed by atoms with Crippen LogP contribution >= 0.6 is 12.6 Å². The van der Waals surface area contributed by atoms with E-state index in [9.17, 15) is 0 Å². The van der Waals surface area contributed by atoms with Crippen LogP contribution in [0.1, 0.15) is 0 Å². The van der Waals surface area contributed by atoms with Crippen LogP contribution in [-0.2, 0) is 0 Å². The van der Waals surface area contributed by atoms with E-state index in [0.717, 1.165) is 32.5 Å². The lowest BCUT2D eigenvalue weighted by Gasteiger charge is -2.04. The second-order valence-electron chi connectivity index (χ2n) is 3.68. The van der Waals surface area contributed by atoms with E-state index in [1.54, 1.807) is 0 Å². The molecule has 0 spiro atoms. The number of hydrogen-bond donors (Lipinski definition) is 2. The zero-order valence-electron chi connectivity index (χ0n) is 8.82. The Morgan fingerprint density at radius 2 is 1.88 bits per heavy atom. The van der Waals surface area contributed by atoms with Gasteiger partial charge >= 0.3 is 0 Å². The van der Waals surface area contributed by atoms with Gasteiger partial charge in [0.05, 0.1) is 0 Å². The number of anilines is 1. The summed E-state index contributed by atoms with van der Waals surface area (Å²) in [6, 6.07) is 12.0. The van der Waals surface area contributed by atoms with Gasteiger partial charge in [0.15, 0.2) is 0 Å². The summed E-state index contributed by atoms with van der Waals surface area (Å²) in [4.78, 5) is 0.935. The lowest BCUT2D eigenvalue weighted by atomic mass is 10.1. The van der Waals surface area contributed by atoms with Crippen LogP contribution in [0.5, 0.6) is 0 Å². The molecular formula is C13H11NOS. The molecule has 2 aromatic carbocycles. The van der Waals surface area contributed by atoms with Gasteiger partial charge in [-0.25, -0.2) is 0 Å². The highest BCUT2D eigenvalue weighted by Gasteiger charge is 2.11. The number of furan rings is 1. The van der Waals surface area contributed by atoms with E-state index in [-0.39, 0.29) is 0 Å². The van der Waals surface area contributed by atoms with Crippen molar-refractivity contribution in [2.45, 2.75) is 4.90 Å². The average Bonchev–Trinajstić information content (AvgIpc) is 2.68. The lowest BCUT2D eigenvalue weighted by molar-refractivity contribution is 0.668. The highest BCUT2D eigenvalue weighted by atomic mass is 32.1. The van der Waals surface area contributed by atoms with Crippen molar-refractivity contribution in [2.75, 3.05) is 12.4 Å². The van der Waals surface area contributed by atoms with Gasteiger partial charge in [0.2, 0.25) is 0 Å². The Balaban J connectivity index is 2.53. The molecule has 0 aliphatic carbocycles. The van der Waals surface area contributed by atoms with Crippen LogP contribution in [0.25, 0.3) is 21.9 Å². The number of rotatable bonds is 1. The third-order valence-electron chi connectivity index (χ3n) is 2.79. The summed E-state index contributed by atoms with van der Waals surface area (Å²) in [5.74, 6) is 0. The smallest absolute Gasteiger partial charge is 0.136 e. The first-order valence-electron chi connectivity index (χ1n) is 5.12. The topological polar surface area (TPSA) is 25.2 Å². The Kier molecular flexibility index (Phi) is 2.07. The second-order valence-corrected chi connectivity index (χ2v) is 4.13. The van der Waals surface area contributed by atoms with Crippen molar-refractivity contribution < 1.29 is 4.42 Å². The van der Waals surface area contributed by atoms with Crippen molar-refractivity contribution >= 4 is 40.3 Å². The molecule has 0 aliphatic rings. The fourth-order valence-electron chi connectivity index (χ4n) is 2.00. The van der Waals surface area contributed by atoms with Crippen LogP contribution in [0.3, 0.4) is 0 Å². The minimum Gasteiger partial charge on any atom is -0.456 e. The highest BCUT2D eigenvalue weighted by molar-refractivity contribution is 7.80. The molecule has 0 atom stereocenters. The molecule has 0 bridgehead atoms. The van der Waals surface area contributed by atoms with Crippen LogP contribution in [0.2, 0.25) is 0 Å². The van der Waals surface area contributed by atoms with Crippen LogP contribution < -0.4 is 5.32 Å². The van der Waals surface area contributed by atoms with E-state index < -0.39 is 0 Å². The minimum absolute atomic E-state index is 0.880. The number of fused-ring (bicyclic) bond motifs is 3. The molecule has 0 fully saturated rings. The molecular weight excluding hydrogens is 218 g/mol. The monoisotopic (exact) mass is 229 g/mol. The van der Waals surface area contributed by atoms with E-state index in [4.69, 9.17) is 4.42 Å². The molecule has 3 heteroatoms. The molecule has 0 unspecified atom stereocenters. The van der Waals surface area contributed by atoms with Crippen molar-refractivity contribution in [3.8, 4) is 0 Å². The zero-order chi connectivity index (χ0) is 11.1. The van der Waals surface area contributed by atoms with E-state index in [1.165, 1.54) is 0 Å². The summed E-state index contributed by atoms with van der Waals surface area (Å²) in [6.07, 6.45) is 0. The Morgan fingerprint density at radius 1 is 1.06 bits per heavy atom. The Morgan fingerprint density at radius 3 is 2.69 bits per heavy atom. The predicted molar refractivity (Wildman–Crippen MR) is 70.5 cm³/mol. The summed E-state index contributed by atoms with van der Waals surface area (Å²) < 4.78 is 5.76. The first kappa shape index (κ1) is 9.60. The van der Waals surface area contributed by atoms with Gasteiger partial charge in [-0.2, -0.15) is 0 Å². The van der Waals surface area contributed by atoms with E-state index in [1.807, 2.05) is 37.4 Å². The SMILES string of the molecule is CNc1ccc2oc3ccccc3c2c1S. The summed E-state index contributed by atoms with van der Waals surface area (Å²) >= 11 is 4.56. The standard InChI is InChI=1S/C13H11NOS/c1-14-9-6-7-11-12(13(9)16)8-4-2-3-5-10(8)15-11/h2-7,14,16H,1H3. The van der Waals surface area contributed by atoms with Gasteiger partial charge in [-0.15, -0.1) is 12.6 Å². The van der Waals surface area contributed by atoms with Gasteiger partial charge in [-0.05, 0) is 18.2 Å². The Labute approximate surface area is 98.7 Å². The molecule has 1 aromatic heterocycles. The number of nitrogens with one attached hydrogen (secondary N) is 1. The second kappa shape index (κ2) is 3.46. The molecule has 0 radical (unpaired) electrons. The van der Waals surface area contributed by atoms with Crippen molar-refractivity contribution in [3.63, 3.8) is 0 Å². The van der Waals surface area contributed by atoms with Crippen LogP contribution in [0.15, 0.2) is 45.7 Å². The molecule has 1 N–H and O–H groups in total. The van der Waals surface area contributed by atoms with Crippen molar-refractivity contribution in [2.24, 2.45) is 0 Å². The zero-order valence-corrected chi connectivity index (χ0v) is 9.71. The molecule has 3 aromatic rings. The van der Waals surface area contributed by atoms with Crippen LogP contribution in [0.4, 0.5) is 5.69 Å². The first-order chi connectivity index (χ1) is 7.81.